The van der Waals surface area contributed by atoms with Crippen LogP contribution < -0.4 is 5.32 Å². The number of nitro groups is 1. The number of nitrogens with one attached hydrogen (secondary N) is 1. The van der Waals surface area contributed by atoms with E-state index in [-0.39, 0.29) is 16.7 Å². The summed E-state index contributed by atoms with van der Waals surface area (Å²) in [5.74, 6) is 0.466. The van der Waals surface area contributed by atoms with Gasteiger partial charge in [-0.3, -0.25) is 15.0 Å². The second kappa shape index (κ2) is 6.19. The van der Waals surface area contributed by atoms with Crippen LogP contribution in [0.1, 0.15) is 12.6 Å². The van der Waals surface area contributed by atoms with Gasteiger partial charge in [-0.2, -0.15) is 5.10 Å². The van der Waals surface area contributed by atoms with Crippen LogP contribution in [0.5, 0.6) is 0 Å². The van der Waals surface area contributed by atoms with Crippen LogP contribution in [0, 0.1) is 17.0 Å². The van der Waals surface area contributed by atoms with Gasteiger partial charge in [0.05, 0.1) is 18.1 Å². The van der Waals surface area contributed by atoms with Gasteiger partial charge in [0.25, 0.3) is 0 Å². The van der Waals surface area contributed by atoms with Crippen LogP contribution in [0.3, 0.4) is 0 Å². The summed E-state index contributed by atoms with van der Waals surface area (Å²) in [5, 5.41) is 18.4. The SMILES string of the molecule is Cc1nn(C)c(NC(C)CN2CCOCC2)c1[N+](=O)[O-]. The first-order valence-electron chi connectivity index (χ1n) is 6.73. The Hall–Kier alpha value is -1.67. The third kappa shape index (κ3) is 3.26. The molecule has 1 unspecified atom stereocenters. The molecule has 1 atom stereocenters. The van der Waals surface area contributed by atoms with E-state index < -0.39 is 0 Å². The lowest BCUT2D eigenvalue weighted by molar-refractivity contribution is -0.384. The molecule has 20 heavy (non-hydrogen) atoms. The smallest absolute Gasteiger partial charge is 0.333 e. The molecule has 0 saturated carbocycles. The van der Waals surface area contributed by atoms with Crippen molar-refractivity contribution in [3.63, 3.8) is 0 Å². The molecule has 1 aliphatic heterocycles. The molecule has 0 spiro atoms. The van der Waals surface area contributed by atoms with E-state index in [2.05, 4.69) is 15.3 Å². The Morgan fingerprint density at radius 2 is 2.15 bits per heavy atom. The van der Waals surface area contributed by atoms with Crippen molar-refractivity contribution in [1.82, 2.24) is 14.7 Å². The predicted octanol–water partition coefficient (Wildman–Crippen LogP) is 0.769. The molecule has 0 radical (unpaired) electrons. The molecule has 1 aromatic rings. The fourth-order valence-electron chi connectivity index (χ4n) is 2.48. The first-order valence-corrected chi connectivity index (χ1v) is 6.73. The van der Waals surface area contributed by atoms with E-state index in [1.54, 1.807) is 14.0 Å². The Morgan fingerprint density at radius 1 is 1.50 bits per heavy atom. The molecular weight excluding hydrogens is 262 g/mol. The van der Waals surface area contributed by atoms with Gasteiger partial charge in [-0.05, 0) is 13.8 Å². The molecule has 2 heterocycles. The monoisotopic (exact) mass is 283 g/mol. The zero-order valence-corrected chi connectivity index (χ0v) is 12.1. The van der Waals surface area contributed by atoms with Crippen molar-refractivity contribution in [3.8, 4) is 0 Å². The van der Waals surface area contributed by atoms with Crippen LogP contribution >= 0.6 is 0 Å². The van der Waals surface area contributed by atoms with Crippen LogP contribution in [0.15, 0.2) is 0 Å². The first kappa shape index (κ1) is 14.7. The molecule has 1 aromatic heterocycles. The largest absolute Gasteiger partial charge is 0.379 e. The number of hydrogen-bond acceptors (Lipinski definition) is 6. The van der Waals surface area contributed by atoms with E-state index in [1.165, 1.54) is 4.68 Å². The van der Waals surface area contributed by atoms with E-state index >= 15 is 0 Å². The van der Waals surface area contributed by atoms with Crippen molar-refractivity contribution in [1.29, 1.82) is 0 Å². The van der Waals surface area contributed by atoms with Gasteiger partial charge in [0, 0.05) is 32.7 Å². The molecule has 1 saturated heterocycles. The molecule has 1 N–H and O–H groups in total. The number of anilines is 1. The van der Waals surface area contributed by atoms with Gasteiger partial charge in [0.2, 0.25) is 5.82 Å². The third-order valence-corrected chi connectivity index (χ3v) is 3.39. The Labute approximate surface area is 117 Å². The summed E-state index contributed by atoms with van der Waals surface area (Å²) in [6.07, 6.45) is 0. The minimum Gasteiger partial charge on any atom is -0.379 e. The van der Waals surface area contributed by atoms with Gasteiger partial charge < -0.3 is 10.1 Å². The molecule has 0 bridgehead atoms. The maximum atomic E-state index is 11.1. The number of morpholine rings is 1. The standard InChI is InChI=1S/C12H21N5O3/c1-9(8-16-4-6-20-7-5-16)13-12-11(17(18)19)10(2)14-15(12)3/h9,13H,4-8H2,1-3H3. The molecule has 0 aromatic carbocycles. The fourth-order valence-corrected chi connectivity index (χ4v) is 2.48. The van der Waals surface area contributed by atoms with Crippen LogP contribution in [0.2, 0.25) is 0 Å². The minimum atomic E-state index is -0.383. The summed E-state index contributed by atoms with van der Waals surface area (Å²) in [7, 11) is 1.71. The Bertz CT molecular complexity index is 482. The van der Waals surface area contributed by atoms with Crippen molar-refractivity contribution >= 4 is 11.5 Å². The lowest BCUT2D eigenvalue weighted by atomic mass is 10.2. The van der Waals surface area contributed by atoms with Gasteiger partial charge >= 0.3 is 5.69 Å². The maximum Gasteiger partial charge on any atom is 0.333 e. The number of hydrogen-bond donors (Lipinski definition) is 1. The van der Waals surface area contributed by atoms with Crippen molar-refractivity contribution < 1.29 is 9.66 Å². The van der Waals surface area contributed by atoms with E-state index in [1.807, 2.05) is 6.92 Å². The lowest BCUT2D eigenvalue weighted by Crippen LogP contribution is -2.42. The normalized spacial score (nSPS) is 17.9. The zero-order valence-electron chi connectivity index (χ0n) is 12.1. The van der Waals surface area contributed by atoms with Crippen molar-refractivity contribution in [2.75, 3.05) is 38.2 Å². The molecule has 1 fully saturated rings. The van der Waals surface area contributed by atoms with E-state index in [0.29, 0.717) is 11.5 Å². The Morgan fingerprint density at radius 3 is 2.75 bits per heavy atom. The molecule has 2 rings (SSSR count). The average molecular weight is 283 g/mol. The summed E-state index contributed by atoms with van der Waals surface area (Å²) in [6.45, 7) is 7.79. The summed E-state index contributed by atoms with van der Waals surface area (Å²) >= 11 is 0. The van der Waals surface area contributed by atoms with E-state index in [9.17, 15) is 10.1 Å². The van der Waals surface area contributed by atoms with Crippen LogP contribution in [0.25, 0.3) is 0 Å². The van der Waals surface area contributed by atoms with Gasteiger partial charge in [-0.1, -0.05) is 0 Å². The van der Waals surface area contributed by atoms with E-state index in [0.717, 1.165) is 32.8 Å². The van der Waals surface area contributed by atoms with Crippen molar-refractivity contribution in [3.05, 3.63) is 15.8 Å². The van der Waals surface area contributed by atoms with Crippen molar-refractivity contribution in [2.24, 2.45) is 7.05 Å². The number of ether oxygens (including phenoxy) is 1. The molecule has 0 amide bonds. The average Bonchev–Trinajstić information content (AvgIpc) is 2.65. The highest BCUT2D eigenvalue weighted by Gasteiger charge is 2.25. The highest BCUT2D eigenvalue weighted by Crippen LogP contribution is 2.27. The van der Waals surface area contributed by atoms with Crippen LogP contribution in [-0.4, -0.2) is 58.5 Å². The van der Waals surface area contributed by atoms with Gasteiger partial charge in [0.15, 0.2) is 0 Å². The van der Waals surface area contributed by atoms with E-state index in [4.69, 9.17) is 4.74 Å². The van der Waals surface area contributed by atoms with Crippen molar-refractivity contribution in [2.45, 2.75) is 19.9 Å². The summed E-state index contributed by atoms with van der Waals surface area (Å²) in [4.78, 5) is 13.0. The second-order valence-electron chi connectivity index (χ2n) is 5.12. The fraction of sp³-hybridized carbons (Fsp3) is 0.750. The molecule has 0 aliphatic carbocycles. The molecule has 1 aliphatic rings. The summed E-state index contributed by atoms with van der Waals surface area (Å²) in [6, 6.07) is 0.0987. The predicted molar refractivity (Wildman–Crippen MR) is 74.9 cm³/mol. The van der Waals surface area contributed by atoms with Crippen LogP contribution in [0.4, 0.5) is 11.5 Å². The highest BCUT2D eigenvalue weighted by atomic mass is 16.6. The quantitative estimate of drug-likeness (QED) is 0.634. The topological polar surface area (TPSA) is 85.5 Å². The molecule has 8 heteroatoms. The number of rotatable bonds is 5. The third-order valence-electron chi connectivity index (χ3n) is 3.39. The number of aryl methyl sites for hydroxylation is 2. The summed E-state index contributed by atoms with van der Waals surface area (Å²) in [5.41, 5.74) is 0.486. The first-order chi connectivity index (χ1) is 9.49. The Balaban J connectivity index is 2.03. The molecule has 8 nitrogen and oxygen atoms in total. The number of nitrogens with zero attached hydrogens (tertiary/aromatic N) is 4. The molecular formula is C12H21N5O3. The summed E-state index contributed by atoms with van der Waals surface area (Å²) < 4.78 is 6.84. The maximum absolute atomic E-state index is 11.1. The van der Waals surface area contributed by atoms with Gasteiger partial charge in [-0.25, -0.2) is 4.68 Å². The number of aromatic nitrogens is 2. The zero-order chi connectivity index (χ0) is 14.7. The van der Waals surface area contributed by atoms with Crippen LogP contribution in [-0.2, 0) is 11.8 Å². The second-order valence-corrected chi connectivity index (χ2v) is 5.12. The van der Waals surface area contributed by atoms with Gasteiger partial charge in [-0.15, -0.1) is 0 Å². The minimum absolute atomic E-state index is 0.0568. The highest BCUT2D eigenvalue weighted by molar-refractivity contribution is 5.59. The van der Waals surface area contributed by atoms with Gasteiger partial charge in [0.1, 0.15) is 5.69 Å². The molecule has 112 valence electrons. The lowest BCUT2D eigenvalue weighted by Gasteiger charge is -2.29. The Kier molecular flexibility index (Phi) is 4.56.